The van der Waals surface area contributed by atoms with Gasteiger partial charge in [-0.2, -0.15) is 0 Å². The maximum atomic E-state index is 10.6. The summed E-state index contributed by atoms with van der Waals surface area (Å²) in [4.78, 5) is 10.2. The number of halogens is 1. The van der Waals surface area contributed by atoms with Gasteiger partial charge in [0.25, 0.3) is 5.69 Å². The molecular formula is C12H15BrN2O2. The van der Waals surface area contributed by atoms with Crippen LogP contribution in [0.3, 0.4) is 0 Å². The minimum absolute atomic E-state index is 0.123. The van der Waals surface area contributed by atoms with Gasteiger partial charge in [-0.3, -0.25) is 10.1 Å². The number of nitro groups is 1. The molecule has 2 rings (SSSR count). The molecule has 1 fully saturated rings. The van der Waals surface area contributed by atoms with Crippen LogP contribution in [-0.4, -0.2) is 11.0 Å². The summed E-state index contributed by atoms with van der Waals surface area (Å²) in [7, 11) is 0. The van der Waals surface area contributed by atoms with Crippen molar-refractivity contribution >= 4 is 21.6 Å². The summed E-state index contributed by atoms with van der Waals surface area (Å²) in [6.07, 6.45) is 2.45. The maximum absolute atomic E-state index is 10.6. The quantitative estimate of drug-likeness (QED) is 0.686. The third kappa shape index (κ3) is 3.04. The van der Waals surface area contributed by atoms with E-state index in [1.807, 2.05) is 0 Å². The molecule has 1 aromatic rings. The molecule has 4 nitrogen and oxygen atoms in total. The Morgan fingerprint density at radius 1 is 1.53 bits per heavy atom. The molecule has 0 radical (unpaired) electrons. The van der Waals surface area contributed by atoms with E-state index in [-0.39, 0.29) is 10.6 Å². The molecule has 92 valence electrons. The smallest absolute Gasteiger partial charge is 0.270 e. The van der Waals surface area contributed by atoms with E-state index in [0.717, 1.165) is 22.5 Å². The summed E-state index contributed by atoms with van der Waals surface area (Å²) >= 11 is 3.37. The first-order valence-corrected chi connectivity index (χ1v) is 6.51. The van der Waals surface area contributed by atoms with Crippen molar-refractivity contribution in [1.82, 2.24) is 5.32 Å². The second kappa shape index (κ2) is 5.14. The van der Waals surface area contributed by atoms with Crippen LogP contribution in [0.1, 0.15) is 25.3 Å². The summed E-state index contributed by atoms with van der Waals surface area (Å²) in [5.41, 5.74) is 1.19. The van der Waals surface area contributed by atoms with Crippen LogP contribution in [0.25, 0.3) is 0 Å². The van der Waals surface area contributed by atoms with E-state index in [9.17, 15) is 10.1 Å². The average molecular weight is 299 g/mol. The molecule has 1 aliphatic rings. The van der Waals surface area contributed by atoms with Gasteiger partial charge in [-0.1, -0.05) is 22.9 Å². The van der Waals surface area contributed by atoms with Crippen molar-refractivity contribution in [2.45, 2.75) is 32.4 Å². The maximum Gasteiger partial charge on any atom is 0.270 e. The fourth-order valence-corrected chi connectivity index (χ4v) is 2.62. The van der Waals surface area contributed by atoms with Gasteiger partial charge in [-0.25, -0.2) is 0 Å². The molecule has 0 amide bonds. The number of nitro benzene ring substituents is 1. The number of rotatable bonds is 4. The lowest BCUT2D eigenvalue weighted by Gasteiger charge is -2.33. The van der Waals surface area contributed by atoms with E-state index >= 15 is 0 Å². The van der Waals surface area contributed by atoms with Crippen LogP contribution >= 0.6 is 15.9 Å². The fourth-order valence-electron chi connectivity index (χ4n) is 2.12. The lowest BCUT2D eigenvalue weighted by Crippen LogP contribution is -2.39. The molecule has 1 aliphatic carbocycles. The highest BCUT2D eigenvalue weighted by Crippen LogP contribution is 2.28. The van der Waals surface area contributed by atoms with E-state index in [1.165, 1.54) is 12.8 Å². The van der Waals surface area contributed by atoms with Crippen molar-refractivity contribution in [3.63, 3.8) is 0 Å². The predicted molar refractivity (Wildman–Crippen MR) is 69.8 cm³/mol. The molecule has 1 saturated carbocycles. The summed E-state index contributed by atoms with van der Waals surface area (Å²) in [6.45, 7) is 3.01. The van der Waals surface area contributed by atoms with Crippen LogP contribution in [0.15, 0.2) is 22.7 Å². The van der Waals surface area contributed by atoms with E-state index < -0.39 is 0 Å². The Labute approximate surface area is 109 Å². The zero-order valence-electron chi connectivity index (χ0n) is 9.65. The Morgan fingerprint density at radius 3 is 2.76 bits per heavy atom. The van der Waals surface area contributed by atoms with Gasteiger partial charge in [0.2, 0.25) is 0 Å². The first-order valence-electron chi connectivity index (χ1n) is 5.72. The molecule has 0 saturated heterocycles. The standard InChI is InChI=1S/C12H15BrN2O2/c1-8-4-10(5-8)14-7-9-2-3-11(15(16)17)6-12(9)13/h2-3,6,8,10,14H,4-5,7H2,1H3. The van der Waals surface area contributed by atoms with Gasteiger partial charge in [0.1, 0.15) is 0 Å². The molecule has 0 unspecified atom stereocenters. The van der Waals surface area contributed by atoms with Crippen molar-refractivity contribution in [2.75, 3.05) is 0 Å². The monoisotopic (exact) mass is 298 g/mol. The number of hydrogen-bond donors (Lipinski definition) is 1. The minimum atomic E-state index is -0.379. The molecule has 5 heteroatoms. The first kappa shape index (κ1) is 12.5. The Balaban J connectivity index is 1.94. The topological polar surface area (TPSA) is 55.2 Å². The van der Waals surface area contributed by atoms with Crippen molar-refractivity contribution < 1.29 is 4.92 Å². The van der Waals surface area contributed by atoms with Gasteiger partial charge in [0.05, 0.1) is 4.92 Å². The van der Waals surface area contributed by atoms with E-state index in [0.29, 0.717) is 6.04 Å². The van der Waals surface area contributed by atoms with Gasteiger partial charge in [-0.05, 0) is 30.4 Å². The Hall–Kier alpha value is -0.940. The Bertz CT molecular complexity index is 431. The Morgan fingerprint density at radius 2 is 2.24 bits per heavy atom. The predicted octanol–water partition coefficient (Wildman–Crippen LogP) is 3.25. The highest BCUT2D eigenvalue weighted by molar-refractivity contribution is 9.10. The second-order valence-electron chi connectivity index (χ2n) is 4.69. The number of hydrogen-bond acceptors (Lipinski definition) is 3. The van der Waals surface area contributed by atoms with Crippen molar-refractivity contribution in [3.8, 4) is 0 Å². The minimum Gasteiger partial charge on any atom is -0.310 e. The molecule has 0 spiro atoms. The summed E-state index contributed by atoms with van der Waals surface area (Å²) < 4.78 is 0.798. The first-order chi connectivity index (χ1) is 8.06. The fraction of sp³-hybridized carbons (Fsp3) is 0.500. The normalized spacial score (nSPS) is 23.2. The molecule has 17 heavy (non-hydrogen) atoms. The number of non-ortho nitro benzene ring substituents is 1. The van der Waals surface area contributed by atoms with Crippen molar-refractivity contribution in [2.24, 2.45) is 5.92 Å². The van der Waals surface area contributed by atoms with Crippen LogP contribution in [0.5, 0.6) is 0 Å². The largest absolute Gasteiger partial charge is 0.310 e. The van der Waals surface area contributed by atoms with Crippen LogP contribution < -0.4 is 5.32 Å². The van der Waals surface area contributed by atoms with Gasteiger partial charge in [0, 0.05) is 29.2 Å². The number of nitrogens with zero attached hydrogens (tertiary/aromatic N) is 1. The van der Waals surface area contributed by atoms with Gasteiger partial charge >= 0.3 is 0 Å². The second-order valence-corrected chi connectivity index (χ2v) is 5.54. The lowest BCUT2D eigenvalue weighted by molar-refractivity contribution is -0.384. The molecule has 1 aromatic carbocycles. The highest BCUT2D eigenvalue weighted by Gasteiger charge is 2.24. The van der Waals surface area contributed by atoms with Crippen molar-refractivity contribution in [3.05, 3.63) is 38.3 Å². The third-order valence-corrected chi connectivity index (χ3v) is 3.94. The molecule has 0 heterocycles. The van der Waals surface area contributed by atoms with Gasteiger partial charge < -0.3 is 5.32 Å². The highest BCUT2D eigenvalue weighted by atomic mass is 79.9. The van der Waals surface area contributed by atoms with Crippen LogP contribution in [-0.2, 0) is 6.54 Å². The van der Waals surface area contributed by atoms with Crippen LogP contribution in [0.4, 0.5) is 5.69 Å². The van der Waals surface area contributed by atoms with E-state index in [1.54, 1.807) is 18.2 Å². The molecule has 0 aromatic heterocycles. The third-order valence-electron chi connectivity index (χ3n) is 3.20. The zero-order chi connectivity index (χ0) is 12.4. The molecular weight excluding hydrogens is 284 g/mol. The van der Waals surface area contributed by atoms with Gasteiger partial charge in [-0.15, -0.1) is 0 Å². The lowest BCUT2D eigenvalue weighted by atomic mass is 9.82. The summed E-state index contributed by atoms with van der Waals surface area (Å²) in [6, 6.07) is 5.51. The summed E-state index contributed by atoms with van der Waals surface area (Å²) in [5, 5.41) is 14.0. The van der Waals surface area contributed by atoms with Crippen LogP contribution in [0, 0.1) is 16.0 Å². The molecule has 0 bridgehead atoms. The van der Waals surface area contributed by atoms with Crippen molar-refractivity contribution in [1.29, 1.82) is 0 Å². The average Bonchev–Trinajstić information content (AvgIpc) is 2.24. The molecule has 0 atom stereocenters. The van der Waals surface area contributed by atoms with E-state index in [4.69, 9.17) is 0 Å². The number of benzene rings is 1. The van der Waals surface area contributed by atoms with E-state index in [2.05, 4.69) is 28.2 Å². The van der Waals surface area contributed by atoms with Crippen LogP contribution in [0.2, 0.25) is 0 Å². The molecule has 0 aliphatic heterocycles. The molecule has 1 N–H and O–H groups in total. The van der Waals surface area contributed by atoms with Gasteiger partial charge in [0.15, 0.2) is 0 Å². The summed E-state index contributed by atoms with van der Waals surface area (Å²) in [5.74, 6) is 0.827. The zero-order valence-corrected chi connectivity index (χ0v) is 11.2. The number of nitrogens with one attached hydrogen (secondary N) is 1. The SMILES string of the molecule is CC1CC(NCc2ccc([N+](=O)[O-])cc2Br)C1. The Kier molecular flexibility index (Phi) is 3.79.